The van der Waals surface area contributed by atoms with Crippen LogP contribution in [0, 0.1) is 0 Å². The van der Waals surface area contributed by atoms with Crippen LogP contribution in [0.2, 0.25) is 0 Å². The van der Waals surface area contributed by atoms with Crippen molar-refractivity contribution in [1.29, 1.82) is 0 Å². The maximum Gasteiger partial charge on any atom is 0.312 e. The number of para-hydroxylation sites is 1. The molecule has 0 unspecified atom stereocenters. The molecule has 0 fully saturated rings. The van der Waals surface area contributed by atoms with Gasteiger partial charge in [-0.1, -0.05) is 24.3 Å². The minimum Gasteiger partial charge on any atom is -0.508 e. The van der Waals surface area contributed by atoms with Crippen molar-refractivity contribution in [3.8, 4) is 34.1 Å². The van der Waals surface area contributed by atoms with Crippen LogP contribution in [0.5, 0.6) is 23.0 Å². The van der Waals surface area contributed by atoms with Gasteiger partial charge in [-0.05, 0) is 35.9 Å². The van der Waals surface area contributed by atoms with Crippen molar-refractivity contribution >= 4 is 16.9 Å². The molecule has 0 radical (unpaired) electrons. The molecule has 1 N–H and O–H groups in total. The number of aromatic hydroxyl groups is 1. The monoisotopic (exact) mass is 444 g/mol. The first-order valence-corrected chi connectivity index (χ1v) is 10.3. The van der Waals surface area contributed by atoms with Crippen LogP contribution in [0.1, 0.15) is 23.5 Å². The van der Waals surface area contributed by atoms with Crippen molar-refractivity contribution < 1.29 is 28.5 Å². The molecule has 7 nitrogen and oxygen atoms in total. The van der Waals surface area contributed by atoms with Gasteiger partial charge in [-0.2, -0.15) is 0 Å². The molecule has 7 heteroatoms. The van der Waals surface area contributed by atoms with Gasteiger partial charge in [0.05, 0.1) is 31.6 Å². The molecular formula is C26H20O7. The second kappa shape index (κ2) is 8.02. The molecule has 1 aliphatic heterocycles. The summed E-state index contributed by atoms with van der Waals surface area (Å²) in [5, 5.41) is 9.92. The second-order valence-corrected chi connectivity index (χ2v) is 7.69. The molecule has 0 saturated heterocycles. The highest BCUT2D eigenvalue weighted by atomic mass is 16.5. The second-order valence-electron chi connectivity index (χ2n) is 7.69. The molecule has 0 spiro atoms. The van der Waals surface area contributed by atoms with Crippen LogP contribution in [-0.2, 0) is 4.79 Å². The number of carbonyl (C=O) groups is 1. The topological polar surface area (TPSA) is 95.2 Å². The lowest BCUT2D eigenvalue weighted by molar-refractivity contribution is -0.135. The van der Waals surface area contributed by atoms with Crippen LogP contribution in [0.3, 0.4) is 0 Å². The first-order valence-electron chi connectivity index (χ1n) is 10.3. The molecule has 0 saturated carbocycles. The minimum absolute atomic E-state index is 0.0546. The molecule has 4 aromatic rings. The van der Waals surface area contributed by atoms with Gasteiger partial charge < -0.3 is 23.7 Å². The third-order valence-corrected chi connectivity index (χ3v) is 5.87. The number of hydrogen-bond donors (Lipinski definition) is 1. The standard InChI is InChI=1S/C26H20O7/c1-30-21-5-3-4-16(25(21)31-2)18-12-22(28)33-20-11-10-17-24(29)19(13-32-26(17)23(18)20)14-6-8-15(27)9-7-14/h3-11,13,18,27H,12H2,1-2H3/t18-/m0/s1. The van der Waals surface area contributed by atoms with Gasteiger partial charge in [0, 0.05) is 17.0 Å². The zero-order valence-electron chi connectivity index (χ0n) is 18.0. The molecule has 166 valence electrons. The molecule has 0 bridgehead atoms. The Labute approximate surface area is 188 Å². The summed E-state index contributed by atoms with van der Waals surface area (Å²) in [7, 11) is 3.08. The summed E-state index contributed by atoms with van der Waals surface area (Å²) < 4.78 is 22.5. The number of esters is 1. The first-order chi connectivity index (χ1) is 16.0. The fraction of sp³-hybridized carbons (Fsp3) is 0.154. The Hall–Kier alpha value is -4.26. The Morgan fingerprint density at radius 1 is 0.970 bits per heavy atom. The quantitative estimate of drug-likeness (QED) is 0.362. The van der Waals surface area contributed by atoms with Crippen molar-refractivity contribution in [3.63, 3.8) is 0 Å². The molecular weight excluding hydrogens is 424 g/mol. The Bertz CT molecular complexity index is 1430. The highest BCUT2D eigenvalue weighted by Gasteiger charge is 2.34. The summed E-state index contributed by atoms with van der Waals surface area (Å²) in [5.41, 5.74) is 2.45. The van der Waals surface area contributed by atoms with Crippen molar-refractivity contribution in [1.82, 2.24) is 0 Å². The van der Waals surface area contributed by atoms with Crippen molar-refractivity contribution in [2.45, 2.75) is 12.3 Å². The molecule has 5 rings (SSSR count). The molecule has 33 heavy (non-hydrogen) atoms. The average Bonchev–Trinajstić information content (AvgIpc) is 2.83. The normalized spacial score (nSPS) is 15.1. The Morgan fingerprint density at radius 2 is 1.76 bits per heavy atom. The van der Waals surface area contributed by atoms with Gasteiger partial charge in [-0.3, -0.25) is 9.59 Å². The molecule has 1 atom stereocenters. The van der Waals surface area contributed by atoms with E-state index in [1.807, 2.05) is 12.1 Å². The number of phenolic OH excluding ortho intramolecular Hbond substituents is 1. The van der Waals surface area contributed by atoms with E-state index in [4.69, 9.17) is 18.6 Å². The van der Waals surface area contributed by atoms with Gasteiger partial charge in [-0.25, -0.2) is 0 Å². The Kier molecular flexibility index (Phi) is 5.01. The van der Waals surface area contributed by atoms with Crippen LogP contribution < -0.4 is 19.6 Å². The van der Waals surface area contributed by atoms with E-state index in [1.165, 1.54) is 25.5 Å². The molecule has 2 heterocycles. The molecule has 3 aromatic carbocycles. The zero-order valence-corrected chi connectivity index (χ0v) is 18.0. The first kappa shape index (κ1) is 20.6. The Morgan fingerprint density at radius 3 is 2.48 bits per heavy atom. The highest BCUT2D eigenvalue weighted by molar-refractivity contribution is 5.90. The van der Waals surface area contributed by atoms with E-state index in [0.29, 0.717) is 44.9 Å². The van der Waals surface area contributed by atoms with Crippen molar-refractivity contribution in [2.75, 3.05) is 14.2 Å². The van der Waals surface area contributed by atoms with Crippen LogP contribution in [0.25, 0.3) is 22.1 Å². The lowest BCUT2D eigenvalue weighted by atomic mass is 9.84. The van der Waals surface area contributed by atoms with Gasteiger partial charge >= 0.3 is 5.97 Å². The van der Waals surface area contributed by atoms with E-state index in [1.54, 1.807) is 37.4 Å². The number of ether oxygens (including phenoxy) is 3. The SMILES string of the molecule is COc1cccc([C@@H]2CC(=O)Oc3ccc4c(=O)c(-c5ccc(O)cc5)coc4c32)c1OC. The predicted octanol–water partition coefficient (Wildman–Crippen LogP) is 4.62. The fourth-order valence-corrected chi connectivity index (χ4v) is 4.35. The van der Waals surface area contributed by atoms with Gasteiger partial charge in [0.25, 0.3) is 0 Å². The summed E-state index contributed by atoms with van der Waals surface area (Å²) in [5.74, 6) is 0.638. The molecule has 1 aromatic heterocycles. The van der Waals surface area contributed by atoms with Crippen LogP contribution in [-0.4, -0.2) is 25.3 Å². The van der Waals surface area contributed by atoms with Crippen LogP contribution in [0.4, 0.5) is 0 Å². The van der Waals surface area contributed by atoms with E-state index < -0.39 is 5.92 Å². The lowest BCUT2D eigenvalue weighted by Gasteiger charge is -2.27. The smallest absolute Gasteiger partial charge is 0.312 e. The maximum atomic E-state index is 13.4. The number of phenols is 1. The van der Waals surface area contributed by atoms with E-state index >= 15 is 0 Å². The molecule has 1 aliphatic rings. The number of fused-ring (bicyclic) bond motifs is 3. The Balaban J connectivity index is 1.75. The third-order valence-electron chi connectivity index (χ3n) is 5.87. The predicted molar refractivity (Wildman–Crippen MR) is 121 cm³/mol. The van der Waals surface area contributed by atoms with E-state index in [-0.39, 0.29) is 23.6 Å². The summed E-state index contributed by atoms with van der Waals surface area (Å²) in [4.78, 5) is 25.8. The van der Waals surface area contributed by atoms with Crippen molar-refractivity contribution in [3.05, 3.63) is 82.2 Å². The minimum atomic E-state index is -0.460. The van der Waals surface area contributed by atoms with Crippen LogP contribution >= 0.6 is 0 Å². The van der Waals surface area contributed by atoms with E-state index in [0.717, 1.165) is 5.56 Å². The van der Waals surface area contributed by atoms with Crippen LogP contribution in [0.15, 0.2) is 70.1 Å². The maximum absolute atomic E-state index is 13.4. The summed E-state index contributed by atoms with van der Waals surface area (Å²) in [6.07, 6.45) is 1.45. The summed E-state index contributed by atoms with van der Waals surface area (Å²) in [6.45, 7) is 0. The number of rotatable bonds is 4. The number of benzene rings is 3. The van der Waals surface area contributed by atoms with E-state index in [2.05, 4.69) is 0 Å². The third kappa shape index (κ3) is 3.38. The number of carbonyl (C=O) groups excluding carboxylic acids is 1. The molecule has 0 aliphatic carbocycles. The fourth-order valence-electron chi connectivity index (χ4n) is 4.35. The van der Waals surface area contributed by atoms with E-state index in [9.17, 15) is 14.7 Å². The largest absolute Gasteiger partial charge is 0.508 e. The molecule has 0 amide bonds. The van der Waals surface area contributed by atoms with Crippen molar-refractivity contribution in [2.24, 2.45) is 0 Å². The average molecular weight is 444 g/mol. The summed E-state index contributed by atoms with van der Waals surface area (Å²) >= 11 is 0. The van der Waals surface area contributed by atoms with Gasteiger partial charge in [-0.15, -0.1) is 0 Å². The summed E-state index contributed by atoms with van der Waals surface area (Å²) in [6, 6.07) is 15.0. The number of methoxy groups -OCH3 is 2. The highest BCUT2D eigenvalue weighted by Crippen LogP contribution is 2.47. The van der Waals surface area contributed by atoms with Gasteiger partial charge in [0.15, 0.2) is 11.5 Å². The van der Waals surface area contributed by atoms with Gasteiger partial charge in [0.1, 0.15) is 23.3 Å². The zero-order chi connectivity index (χ0) is 23.1. The van der Waals surface area contributed by atoms with Gasteiger partial charge in [0.2, 0.25) is 5.43 Å². The lowest BCUT2D eigenvalue weighted by Crippen LogP contribution is -2.22. The number of hydrogen-bond acceptors (Lipinski definition) is 7.